The van der Waals surface area contributed by atoms with Crippen LogP contribution < -0.4 is 5.32 Å². The van der Waals surface area contributed by atoms with Crippen molar-refractivity contribution in [2.45, 2.75) is 67.3 Å². The quantitative estimate of drug-likeness (QED) is 0.619. The fourth-order valence-electron chi connectivity index (χ4n) is 1.68. The summed E-state index contributed by atoms with van der Waals surface area (Å²) in [7, 11) is 0. The van der Waals surface area contributed by atoms with Crippen LogP contribution in [0.1, 0.15) is 61.3 Å². The van der Waals surface area contributed by atoms with Gasteiger partial charge in [0.15, 0.2) is 0 Å². The Labute approximate surface area is 126 Å². The molecule has 1 N–H and O–H groups in total. The number of hydrogen-bond acceptors (Lipinski definition) is 3. The molecule has 0 radical (unpaired) electrons. The zero-order valence-electron chi connectivity index (χ0n) is 14.8. The second-order valence-electron chi connectivity index (χ2n) is 7.93. The van der Waals surface area contributed by atoms with E-state index in [9.17, 15) is 0 Å². The number of rotatable bonds is 10. The summed E-state index contributed by atoms with van der Waals surface area (Å²) >= 11 is 0. The fraction of sp³-hybridized carbons (Fsp3) is 1.00. The van der Waals surface area contributed by atoms with Crippen molar-refractivity contribution in [2.24, 2.45) is 10.8 Å². The molecule has 0 aliphatic rings. The Hall–Kier alpha value is -0.120. The standard InChI is InChI=1S/C17H37NO2/c1-15(17(5,6)7)18-10-12-20-14-13-19-11-8-9-16(2,3)4/h15,18H,8-14H2,1-7H3. The molecule has 20 heavy (non-hydrogen) atoms. The predicted molar refractivity (Wildman–Crippen MR) is 87.2 cm³/mol. The van der Waals surface area contributed by atoms with Crippen LogP contribution >= 0.6 is 0 Å². The minimum atomic E-state index is 0.302. The molecule has 3 nitrogen and oxygen atoms in total. The van der Waals surface area contributed by atoms with E-state index in [4.69, 9.17) is 9.47 Å². The van der Waals surface area contributed by atoms with Crippen LogP contribution in [0.4, 0.5) is 0 Å². The molecule has 0 saturated heterocycles. The van der Waals surface area contributed by atoms with E-state index in [-0.39, 0.29) is 0 Å². The van der Waals surface area contributed by atoms with Gasteiger partial charge in [-0.2, -0.15) is 0 Å². The van der Waals surface area contributed by atoms with Crippen molar-refractivity contribution in [3.63, 3.8) is 0 Å². The van der Waals surface area contributed by atoms with Crippen LogP contribution in [-0.2, 0) is 9.47 Å². The molecule has 3 heteroatoms. The summed E-state index contributed by atoms with van der Waals surface area (Å²) in [6, 6.07) is 0.500. The average molecular weight is 287 g/mol. The molecule has 0 bridgehead atoms. The monoisotopic (exact) mass is 287 g/mol. The van der Waals surface area contributed by atoms with Crippen LogP contribution in [0.15, 0.2) is 0 Å². The minimum Gasteiger partial charge on any atom is -0.379 e. The zero-order valence-corrected chi connectivity index (χ0v) is 14.8. The first-order valence-corrected chi connectivity index (χ1v) is 8.02. The number of nitrogens with one attached hydrogen (secondary N) is 1. The molecule has 0 heterocycles. The van der Waals surface area contributed by atoms with Crippen molar-refractivity contribution in [2.75, 3.05) is 33.0 Å². The molecule has 0 aliphatic carbocycles. The van der Waals surface area contributed by atoms with Crippen LogP contribution in [0, 0.1) is 10.8 Å². The van der Waals surface area contributed by atoms with Crippen LogP contribution in [0.5, 0.6) is 0 Å². The second kappa shape index (κ2) is 9.75. The van der Waals surface area contributed by atoms with E-state index < -0.39 is 0 Å². The Kier molecular flexibility index (Phi) is 9.69. The molecule has 0 aromatic heterocycles. The van der Waals surface area contributed by atoms with Gasteiger partial charge < -0.3 is 14.8 Å². The highest BCUT2D eigenvalue weighted by Crippen LogP contribution is 2.20. The Balaban J connectivity index is 3.26. The Morgan fingerprint density at radius 1 is 0.850 bits per heavy atom. The van der Waals surface area contributed by atoms with Crippen LogP contribution in [0.25, 0.3) is 0 Å². The van der Waals surface area contributed by atoms with E-state index in [0.717, 1.165) is 26.2 Å². The Bertz CT molecular complexity index is 228. The van der Waals surface area contributed by atoms with Gasteiger partial charge in [0.05, 0.1) is 19.8 Å². The van der Waals surface area contributed by atoms with Crippen molar-refractivity contribution in [3.05, 3.63) is 0 Å². The normalized spacial score (nSPS) is 14.6. The van der Waals surface area contributed by atoms with Crippen molar-refractivity contribution in [1.82, 2.24) is 5.32 Å². The van der Waals surface area contributed by atoms with E-state index in [1.165, 1.54) is 6.42 Å². The Morgan fingerprint density at radius 3 is 1.90 bits per heavy atom. The summed E-state index contributed by atoms with van der Waals surface area (Å²) in [6.45, 7) is 19.7. The van der Waals surface area contributed by atoms with Crippen molar-refractivity contribution < 1.29 is 9.47 Å². The topological polar surface area (TPSA) is 30.5 Å². The van der Waals surface area contributed by atoms with Gasteiger partial charge in [-0.1, -0.05) is 41.5 Å². The van der Waals surface area contributed by atoms with E-state index in [1.807, 2.05) is 0 Å². The maximum Gasteiger partial charge on any atom is 0.0701 e. The van der Waals surface area contributed by atoms with Crippen LogP contribution in [0.3, 0.4) is 0 Å². The smallest absolute Gasteiger partial charge is 0.0701 e. The van der Waals surface area contributed by atoms with E-state index >= 15 is 0 Å². The van der Waals surface area contributed by atoms with Gasteiger partial charge in [0.25, 0.3) is 0 Å². The summed E-state index contributed by atoms with van der Waals surface area (Å²) in [4.78, 5) is 0. The second-order valence-corrected chi connectivity index (χ2v) is 7.93. The molecule has 0 fully saturated rings. The summed E-state index contributed by atoms with van der Waals surface area (Å²) in [5, 5.41) is 3.48. The highest BCUT2D eigenvalue weighted by molar-refractivity contribution is 4.75. The van der Waals surface area contributed by atoms with Gasteiger partial charge in [0, 0.05) is 19.2 Å². The molecular formula is C17H37NO2. The molecule has 0 rings (SSSR count). The number of hydrogen-bond donors (Lipinski definition) is 1. The molecule has 1 atom stereocenters. The zero-order chi connectivity index (χ0) is 15.6. The Morgan fingerprint density at radius 2 is 1.40 bits per heavy atom. The van der Waals surface area contributed by atoms with Gasteiger partial charge in [0.1, 0.15) is 0 Å². The lowest BCUT2D eigenvalue weighted by molar-refractivity contribution is 0.0439. The van der Waals surface area contributed by atoms with Crippen LogP contribution in [-0.4, -0.2) is 39.0 Å². The molecular weight excluding hydrogens is 250 g/mol. The lowest BCUT2D eigenvalue weighted by atomic mass is 9.88. The molecule has 0 amide bonds. The van der Waals surface area contributed by atoms with Gasteiger partial charge in [-0.05, 0) is 30.6 Å². The third-order valence-electron chi connectivity index (χ3n) is 3.58. The maximum atomic E-state index is 5.57. The minimum absolute atomic E-state index is 0.302. The average Bonchev–Trinajstić information content (AvgIpc) is 2.28. The van der Waals surface area contributed by atoms with Crippen molar-refractivity contribution >= 4 is 0 Å². The van der Waals surface area contributed by atoms with E-state index in [1.54, 1.807) is 0 Å². The van der Waals surface area contributed by atoms with Gasteiger partial charge in [-0.15, -0.1) is 0 Å². The highest BCUT2D eigenvalue weighted by atomic mass is 16.5. The highest BCUT2D eigenvalue weighted by Gasteiger charge is 2.18. The maximum absolute atomic E-state index is 5.57. The van der Waals surface area contributed by atoms with E-state index in [2.05, 4.69) is 53.8 Å². The van der Waals surface area contributed by atoms with Crippen molar-refractivity contribution in [1.29, 1.82) is 0 Å². The first kappa shape index (κ1) is 19.9. The SMILES string of the molecule is CC(NCCOCCOCCCC(C)(C)C)C(C)(C)C. The van der Waals surface area contributed by atoms with Gasteiger partial charge in [-0.25, -0.2) is 0 Å². The van der Waals surface area contributed by atoms with Crippen LogP contribution in [0.2, 0.25) is 0 Å². The fourth-order valence-corrected chi connectivity index (χ4v) is 1.68. The third kappa shape index (κ3) is 12.9. The third-order valence-corrected chi connectivity index (χ3v) is 3.58. The first-order chi connectivity index (χ1) is 9.13. The molecule has 0 aliphatic heterocycles. The summed E-state index contributed by atoms with van der Waals surface area (Å²) in [5.74, 6) is 0. The molecule has 0 aromatic rings. The molecule has 1 unspecified atom stereocenters. The molecule has 0 saturated carbocycles. The number of ether oxygens (including phenoxy) is 2. The van der Waals surface area contributed by atoms with Crippen molar-refractivity contribution in [3.8, 4) is 0 Å². The van der Waals surface area contributed by atoms with Gasteiger partial charge in [-0.3, -0.25) is 0 Å². The van der Waals surface area contributed by atoms with Gasteiger partial charge >= 0.3 is 0 Å². The first-order valence-electron chi connectivity index (χ1n) is 8.02. The largest absolute Gasteiger partial charge is 0.379 e. The lowest BCUT2D eigenvalue weighted by Gasteiger charge is -2.28. The summed E-state index contributed by atoms with van der Waals surface area (Å²) in [5.41, 5.74) is 0.714. The summed E-state index contributed by atoms with van der Waals surface area (Å²) in [6.07, 6.45) is 2.34. The van der Waals surface area contributed by atoms with E-state index in [0.29, 0.717) is 30.1 Å². The molecule has 0 spiro atoms. The predicted octanol–water partition coefficient (Wildman–Crippen LogP) is 3.87. The molecule has 0 aromatic carbocycles. The van der Waals surface area contributed by atoms with Gasteiger partial charge in [0.2, 0.25) is 0 Å². The lowest BCUT2D eigenvalue weighted by Crippen LogP contribution is -2.39. The summed E-state index contributed by atoms with van der Waals surface area (Å²) < 4.78 is 11.1. The molecule has 122 valence electrons.